The third kappa shape index (κ3) is 5.68. The third-order valence-electron chi connectivity index (χ3n) is 3.01. The highest BCUT2D eigenvalue weighted by Gasteiger charge is 2.06. The Morgan fingerprint density at radius 1 is 1.04 bits per heavy atom. The van der Waals surface area contributed by atoms with Gasteiger partial charge in [0.2, 0.25) is 0 Å². The fourth-order valence-electron chi connectivity index (χ4n) is 1.85. The Kier molecular flexibility index (Phi) is 6.77. The van der Waals surface area contributed by atoms with E-state index in [4.69, 9.17) is 9.84 Å². The second kappa shape index (κ2) is 9.05. The molecule has 7 heteroatoms. The molecule has 0 aliphatic heterocycles. The van der Waals surface area contributed by atoms with Gasteiger partial charge in [-0.1, -0.05) is 15.9 Å². The summed E-state index contributed by atoms with van der Waals surface area (Å²) in [6, 6.07) is 13.6. The van der Waals surface area contributed by atoms with Gasteiger partial charge in [0, 0.05) is 22.3 Å². The Labute approximate surface area is 148 Å². The first kappa shape index (κ1) is 18.0. The van der Waals surface area contributed by atoms with Gasteiger partial charge in [-0.15, -0.1) is 0 Å². The van der Waals surface area contributed by atoms with E-state index in [0.717, 1.165) is 4.47 Å². The first-order valence-corrected chi connectivity index (χ1v) is 8.05. The van der Waals surface area contributed by atoms with Crippen LogP contribution in [-0.4, -0.2) is 36.7 Å². The minimum Gasteiger partial charge on any atom is -0.484 e. The molecule has 0 aliphatic rings. The summed E-state index contributed by atoms with van der Waals surface area (Å²) >= 11 is 3.32. The average molecular weight is 393 g/mol. The maximum atomic E-state index is 11.8. The summed E-state index contributed by atoms with van der Waals surface area (Å²) in [6.07, 6.45) is 0. The minimum absolute atomic E-state index is 0.111. The fourth-order valence-corrected chi connectivity index (χ4v) is 2.12. The number of carbonyl (C=O) groups is 2. The van der Waals surface area contributed by atoms with Gasteiger partial charge in [-0.25, -0.2) is 0 Å². The van der Waals surface area contributed by atoms with Crippen molar-refractivity contribution in [2.75, 3.05) is 25.1 Å². The Bertz CT molecular complexity index is 687. The van der Waals surface area contributed by atoms with Crippen molar-refractivity contribution < 1.29 is 19.4 Å². The van der Waals surface area contributed by atoms with E-state index >= 15 is 0 Å². The molecule has 24 heavy (non-hydrogen) atoms. The first-order chi connectivity index (χ1) is 11.6. The van der Waals surface area contributed by atoms with Crippen LogP contribution >= 0.6 is 15.9 Å². The number of aliphatic hydroxyl groups is 1. The van der Waals surface area contributed by atoms with Gasteiger partial charge in [0.1, 0.15) is 5.75 Å². The molecule has 6 nitrogen and oxygen atoms in total. The van der Waals surface area contributed by atoms with E-state index in [1.807, 2.05) is 12.1 Å². The number of rotatable bonds is 7. The van der Waals surface area contributed by atoms with Crippen LogP contribution in [-0.2, 0) is 4.79 Å². The minimum atomic E-state index is -0.276. The molecule has 2 rings (SSSR count). The van der Waals surface area contributed by atoms with E-state index in [2.05, 4.69) is 26.6 Å². The van der Waals surface area contributed by atoms with Gasteiger partial charge in [0.15, 0.2) is 6.61 Å². The van der Waals surface area contributed by atoms with Crippen molar-refractivity contribution in [2.45, 2.75) is 0 Å². The Morgan fingerprint density at radius 3 is 2.33 bits per heavy atom. The zero-order valence-electron chi connectivity index (χ0n) is 12.8. The molecule has 0 aromatic heterocycles. The predicted molar refractivity (Wildman–Crippen MR) is 94.1 cm³/mol. The number of amides is 2. The topological polar surface area (TPSA) is 87.7 Å². The van der Waals surface area contributed by atoms with E-state index in [-0.39, 0.29) is 31.6 Å². The molecule has 0 aliphatic carbocycles. The number of aliphatic hydroxyl groups excluding tert-OH is 1. The van der Waals surface area contributed by atoms with E-state index in [9.17, 15) is 9.59 Å². The molecule has 0 saturated carbocycles. The maximum absolute atomic E-state index is 11.8. The number of nitrogens with one attached hydrogen (secondary N) is 2. The molecule has 2 aromatic rings. The molecule has 0 fully saturated rings. The molecule has 3 N–H and O–H groups in total. The zero-order valence-corrected chi connectivity index (χ0v) is 14.4. The van der Waals surface area contributed by atoms with Crippen molar-refractivity contribution in [3.8, 4) is 5.75 Å². The second-order valence-electron chi connectivity index (χ2n) is 4.85. The lowest BCUT2D eigenvalue weighted by Crippen LogP contribution is -2.26. The summed E-state index contributed by atoms with van der Waals surface area (Å²) in [5.41, 5.74) is 1.14. The molecule has 0 atom stereocenters. The summed E-state index contributed by atoms with van der Waals surface area (Å²) in [7, 11) is 0. The number of anilines is 1. The first-order valence-electron chi connectivity index (χ1n) is 7.26. The summed E-state index contributed by atoms with van der Waals surface area (Å²) in [6.45, 7) is -0.0418. The van der Waals surface area contributed by atoms with Gasteiger partial charge in [-0.3, -0.25) is 9.59 Å². The van der Waals surface area contributed by atoms with Crippen LogP contribution in [0.25, 0.3) is 0 Å². The fraction of sp³-hybridized carbons (Fsp3) is 0.176. The number of halogens is 1. The van der Waals surface area contributed by atoms with E-state index in [1.54, 1.807) is 36.4 Å². The van der Waals surface area contributed by atoms with Crippen molar-refractivity contribution in [3.05, 3.63) is 58.6 Å². The van der Waals surface area contributed by atoms with Crippen molar-refractivity contribution >= 4 is 33.4 Å². The van der Waals surface area contributed by atoms with Crippen LogP contribution in [0.4, 0.5) is 5.69 Å². The molecule has 2 amide bonds. The molecule has 0 radical (unpaired) electrons. The van der Waals surface area contributed by atoms with Gasteiger partial charge in [0.05, 0.1) is 6.61 Å². The van der Waals surface area contributed by atoms with Gasteiger partial charge < -0.3 is 20.5 Å². The summed E-state index contributed by atoms with van der Waals surface area (Å²) in [5, 5.41) is 13.9. The quantitative estimate of drug-likeness (QED) is 0.673. The van der Waals surface area contributed by atoms with Crippen LogP contribution in [0.2, 0.25) is 0 Å². The van der Waals surface area contributed by atoms with Gasteiger partial charge >= 0.3 is 0 Å². The lowest BCUT2D eigenvalue weighted by atomic mass is 10.2. The smallest absolute Gasteiger partial charge is 0.262 e. The van der Waals surface area contributed by atoms with Crippen molar-refractivity contribution in [2.24, 2.45) is 0 Å². The molecule has 0 heterocycles. The van der Waals surface area contributed by atoms with E-state index in [1.165, 1.54) is 0 Å². The lowest BCUT2D eigenvalue weighted by molar-refractivity contribution is -0.118. The van der Waals surface area contributed by atoms with Crippen molar-refractivity contribution in [1.29, 1.82) is 0 Å². The maximum Gasteiger partial charge on any atom is 0.262 e. The number of ether oxygens (including phenoxy) is 1. The number of hydrogen-bond acceptors (Lipinski definition) is 4. The van der Waals surface area contributed by atoms with E-state index < -0.39 is 0 Å². The third-order valence-corrected chi connectivity index (χ3v) is 3.54. The highest BCUT2D eigenvalue weighted by Crippen LogP contribution is 2.15. The lowest BCUT2D eigenvalue weighted by Gasteiger charge is -2.08. The van der Waals surface area contributed by atoms with Crippen LogP contribution in [0.1, 0.15) is 10.4 Å². The van der Waals surface area contributed by atoms with Gasteiger partial charge in [-0.2, -0.15) is 0 Å². The SMILES string of the molecule is O=C(COc1ccc(C(=O)NCCO)cc1)Nc1ccc(Br)cc1. The van der Waals surface area contributed by atoms with Crippen molar-refractivity contribution in [1.82, 2.24) is 5.32 Å². The summed E-state index contributed by atoms with van der Waals surface area (Å²) in [5.74, 6) is -0.0645. The second-order valence-corrected chi connectivity index (χ2v) is 5.76. The molecular weight excluding hydrogens is 376 g/mol. The molecule has 0 spiro atoms. The molecule has 126 valence electrons. The highest BCUT2D eigenvalue weighted by atomic mass is 79.9. The Hall–Kier alpha value is -2.38. The average Bonchev–Trinajstić information content (AvgIpc) is 2.60. The number of benzene rings is 2. The Morgan fingerprint density at radius 2 is 1.71 bits per heavy atom. The van der Waals surface area contributed by atoms with Gasteiger partial charge in [0.25, 0.3) is 11.8 Å². The van der Waals surface area contributed by atoms with Crippen LogP contribution in [0.15, 0.2) is 53.0 Å². The number of carbonyl (C=O) groups excluding carboxylic acids is 2. The molecular formula is C17H17BrN2O4. The van der Waals surface area contributed by atoms with Crippen molar-refractivity contribution in [3.63, 3.8) is 0 Å². The highest BCUT2D eigenvalue weighted by molar-refractivity contribution is 9.10. The van der Waals surface area contributed by atoms with Crippen LogP contribution in [0.3, 0.4) is 0 Å². The van der Waals surface area contributed by atoms with E-state index in [0.29, 0.717) is 17.0 Å². The zero-order chi connectivity index (χ0) is 17.4. The van der Waals surface area contributed by atoms with Crippen LogP contribution < -0.4 is 15.4 Å². The predicted octanol–water partition coefficient (Wildman–Crippen LogP) is 2.19. The summed E-state index contributed by atoms with van der Waals surface area (Å²) < 4.78 is 6.32. The standard InChI is InChI=1S/C17H17BrN2O4/c18-13-3-5-14(6-4-13)20-16(22)11-24-15-7-1-12(2-8-15)17(23)19-9-10-21/h1-8,21H,9-11H2,(H,19,23)(H,20,22). The largest absolute Gasteiger partial charge is 0.484 e. The number of hydrogen-bond donors (Lipinski definition) is 3. The molecule has 0 unspecified atom stereocenters. The molecule has 2 aromatic carbocycles. The monoisotopic (exact) mass is 392 g/mol. The normalized spacial score (nSPS) is 10.1. The van der Waals surface area contributed by atoms with Gasteiger partial charge in [-0.05, 0) is 48.5 Å². The molecule has 0 saturated heterocycles. The Balaban J connectivity index is 1.82. The summed E-state index contributed by atoms with van der Waals surface area (Å²) in [4.78, 5) is 23.5. The van der Waals surface area contributed by atoms with Crippen LogP contribution in [0, 0.1) is 0 Å². The molecule has 0 bridgehead atoms. The van der Waals surface area contributed by atoms with Crippen LogP contribution in [0.5, 0.6) is 5.75 Å².